The van der Waals surface area contributed by atoms with E-state index in [4.69, 9.17) is 11.5 Å². The summed E-state index contributed by atoms with van der Waals surface area (Å²) in [4.78, 5) is 20.3. The van der Waals surface area contributed by atoms with E-state index in [9.17, 15) is 4.79 Å². The van der Waals surface area contributed by atoms with Gasteiger partial charge in [-0.1, -0.05) is 84.5 Å². The second kappa shape index (κ2) is 12.8. The third kappa shape index (κ3) is 6.97. The number of carbonyl (C=O) groups is 1. The molecular weight excluding hydrogens is 480 g/mol. The van der Waals surface area contributed by atoms with E-state index in [1.165, 1.54) is 21.9 Å². The molecule has 1 atom stereocenters. The van der Waals surface area contributed by atoms with Gasteiger partial charge in [-0.25, -0.2) is 0 Å². The molecule has 1 unspecified atom stereocenters. The zero-order valence-corrected chi connectivity index (χ0v) is 22.7. The largest absolute Gasteiger partial charge is 0.370 e. The summed E-state index contributed by atoms with van der Waals surface area (Å²) in [6, 6.07) is 25.1. The summed E-state index contributed by atoms with van der Waals surface area (Å²) >= 11 is 0. The van der Waals surface area contributed by atoms with Gasteiger partial charge in [0.1, 0.15) is 0 Å². The molecule has 1 amide bonds. The zero-order chi connectivity index (χ0) is 27.0. The van der Waals surface area contributed by atoms with Gasteiger partial charge < -0.3 is 16.4 Å². The van der Waals surface area contributed by atoms with E-state index in [0.717, 1.165) is 50.6 Å². The molecular formula is C34H40N4O. The quantitative estimate of drug-likeness (QED) is 0.252. The molecule has 202 valence electrons. The Kier molecular flexibility index (Phi) is 8.77. The van der Waals surface area contributed by atoms with E-state index in [2.05, 4.69) is 70.6 Å². The van der Waals surface area contributed by atoms with Crippen molar-refractivity contribution < 1.29 is 4.79 Å². The molecule has 5 nitrogen and oxygen atoms in total. The van der Waals surface area contributed by atoms with Crippen molar-refractivity contribution in [1.82, 2.24) is 4.90 Å². The summed E-state index contributed by atoms with van der Waals surface area (Å²) in [6.07, 6.45) is 13.1. The number of carbonyl (C=O) groups excluding carboxylic acids is 1. The third-order valence-electron chi connectivity index (χ3n) is 8.36. The van der Waals surface area contributed by atoms with Crippen LogP contribution in [-0.2, 0) is 0 Å². The lowest BCUT2D eigenvalue weighted by Gasteiger charge is -2.35. The minimum atomic E-state index is 0.121. The van der Waals surface area contributed by atoms with Crippen LogP contribution in [0.4, 0.5) is 0 Å². The molecule has 0 aliphatic heterocycles. The van der Waals surface area contributed by atoms with Crippen LogP contribution in [-0.4, -0.2) is 36.4 Å². The maximum Gasteiger partial charge on any atom is 0.253 e. The van der Waals surface area contributed by atoms with Gasteiger partial charge in [-0.2, -0.15) is 0 Å². The number of allylic oxidation sites excluding steroid dienone is 3. The Morgan fingerprint density at radius 1 is 0.897 bits per heavy atom. The van der Waals surface area contributed by atoms with Crippen molar-refractivity contribution in [3.05, 3.63) is 108 Å². The predicted octanol–water partition coefficient (Wildman–Crippen LogP) is 6.42. The summed E-state index contributed by atoms with van der Waals surface area (Å²) < 4.78 is 0. The first-order valence-corrected chi connectivity index (χ1v) is 14.3. The first-order chi connectivity index (χ1) is 19.1. The van der Waals surface area contributed by atoms with Gasteiger partial charge in [-0.15, -0.1) is 0 Å². The van der Waals surface area contributed by atoms with E-state index in [0.29, 0.717) is 24.9 Å². The van der Waals surface area contributed by atoms with Crippen LogP contribution in [0.25, 0.3) is 10.8 Å². The van der Waals surface area contributed by atoms with Crippen LogP contribution in [0.5, 0.6) is 0 Å². The van der Waals surface area contributed by atoms with Gasteiger partial charge in [0.15, 0.2) is 5.96 Å². The van der Waals surface area contributed by atoms with Gasteiger partial charge in [0.25, 0.3) is 5.91 Å². The highest BCUT2D eigenvalue weighted by atomic mass is 16.2. The van der Waals surface area contributed by atoms with Crippen LogP contribution in [0.2, 0.25) is 0 Å². The Balaban J connectivity index is 1.41. The summed E-state index contributed by atoms with van der Waals surface area (Å²) in [5.74, 6) is 1.45. The third-order valence-corrected chi connectivity index (χ3v) is 8.36. The molecule has 1 saturated carbocycles. The number of hydrogen-bond acceptors (Lipinski definition) is 2. The predicted molar refractivity (Wildman–Crippen MR) is 162 cm³/mol. The van der Waals surface area contributed by atoms with Crippen LogP contribution >= 0.6 is 0 Å². The molecule has 5 rings (SSSR count). The Bertz CT molecular complexity index is 1350. The fourth-order valence-electron chi connectivity index (χ4n) is 6.14. The maximum absolute atomic E-state index is 14.0. The smallest absolute Gasteiger partial charge is 0.253 e. The standard InChI is InChI=1S/C34H40N4O/c35-34(36)37-22-25-15-17-26(18-16-25)23-38(33(39)29-12-5-2-6-13-29)24-32(28-10-3-1-4-11-28)31-20-19-27-9-7-8-14-30(27)21-31/h1-3,5-10,12-14,19-21,25-26,32H,4,11,15-18,22-24H2,(H4,35,36,37). The summed E-state index contributed by atoms with van der Waals surface area (Å²) in [7, 11) is 0. The molecule has 1 fully saturated rings. The highest BCUT2D eigenvalue weighted by Crippen LogP contribution is 2.35. The summed E-state index contributed by atoms with van der Waals surface area (Å²) in [6.45, 7) is 2.16. The molecule has 0 radical (unpaired) electrons. The van der Waals surface area contributed by atoms with Crippen LogP contribution < -0.4 is 11.5 Å². The fraction of sp³-hybridized carbons (Fsp3) is 0.353. The van der Waals surface area contributed by atoms with Gasteiger partial charge in [-0.05, 0) is 78.8 Å². The van der Waals surface area contributed by atoms with Crippen molar-refractivity contribution in [1.29, 1.82) is 0 Å². The number of guanidine groups is 1. The van der Waals surface area contributed by atoms with Crippen molar-refractivity contribution in [2.75, 3.05) is 19.6 Å². The van der Waals surface area contributed by atoms with Gasteiger partial charge in [0.2, 0.25) is 0 Å². The Labute approximate surface area is 232 Å². The minimum absolute atomic E-state index is 0.121. The molecule has 0 spiro atoms. The average molecular weight is 521 g/mol. The van der Waals surface area contributed by atoms with Crippen molar-refractivity contribution in [2.45, 2.75) is 44.4 Å². The molecule has 0 saturated heterocycles. The fourth-order valence-corrected chi connectivity index (χ4v) is 6.14. The lowest BCUT2D eigenvalue weighted by atomic mass is 9.81. The van der Waals surface area contributed by atoms with E-state index in [1.807, 2.05) is 30.3 Å². The minimum Gasteiger partial charge on any atom is -0.370 e. The molecule has 2 aliphatic carbocycles. The normalized spacial score (nSPS) is 19.7. The number of aliphatic imine (C=N–C) groups is 1. The molecule has 39 heavy (non-hydrogen) atoms. The second-order valence-electron chi connectivity index (χ2n) is 11.1. The van der Waals surface area contributed by atoms with Gasteiger partial charge in [0, 0.05) is 31.1 Å². The monoisotopic (exact) mass is 520 g/mol. The Morgan fingerprint density at radius 3 is 2.33 bits per heavy atom. The Hall–Kier alpha value is -3.86. The molecule has 3 aromatic carbocycles. The topological polar surface area (TPSA) is 84.7 Å². The van der Waals surface area contributed by atoms with Crippen molar-refractivity contribution in [2.24, 2.45) is 28.3 Å². The molecule has 5 heteroatoms. The molecule has 4 N–H and O–H groups in total. The summed E-state index contributed by atoms with van der Waals surface area (Å²) in [5, 5.41) is 2.49. The lowest BCUT2D eigenvalue weighted by molar-refractivity contribution is 0.0699. The lowest BCUT2D eigenvalue weighted by Crippen LogP contribution is -2.40. The Morgan fingerprint density at radius 2 is 1.62 bits per heavy atom. The van der Waals surface area contributed by atoms with Crippen LogP contribution in [0, 0.1) is 11.8 Å². The van der Waals surface area contributed by atoms with E-state index in [-0.39, 0.29) is 17.8 Å². The number of amides is 1. The number of hydrogen-bond donors (Lipinski definition) is 2. The number of fused-ring (bicyclic) bond motifs is 1. The van der Waals surface area contributed by atoms with E-state index < -0.39 is 0 Å². The number of rotatable bonds is 9. The van der Waals surface area contributed by atoms with Crippen LogP contribution in [0.3, 0.4) is 0 Å². The second-order valence-corrected chi connectivity index (χ2v) is 11.1. The number of benzene rings is 3. The number of nitrogens with two attached hydrogens (primary N) is 2. The van der Waals surface area contributed by atoms with Crippen LogP contribution in [0.1, 0.15) is 60.4 Å². The molecule has 2 aliphatic rings. The van der Waals surface area contributed by atoms with Crippen LogP contribution in [0.15, 0.2) is 102 Å². The van der Waals surface area contributed by atoms with Gasteiger partial charge in [-0.3, -0.25) is 9.79 Å². The molecule has 3 aromatic rings. The summed E-state index contributed by atoms with van der Waals surface area (Å²) in [5.41, 5.74) is 14.5. The maximum atomic E-state index is 14.0. The number of nitrogens with zero attached hydrogens (tertiary/aromatic N) is 2. The zero-order valence-electron chi connectivity index (χ0n) is 22.7. The SMILES string of the molecule is NC(N)=NCC1CCC(CN(CC(C2=CC=CCC2)c2ccc3ccccc3c2)C(=O)c2ccccc2)CC1. The average Bonchev–Trinajstić information content (AvgIpc) is 2.99. The van der Waals surface area contributed by atoms with Gasteiger partial charge in [0.05, 0.1) is 0 Å². The highest BCUT2D eigenvalue weighted by Gasteiger charge is 2.29. The molecule has 0 heterocycles. The van der Waals surface area contributed by atoms with Gasteiger partial charge >= 0.3 is 0 Å². The first-order valence-electron chi connectivity index (χ1n) is 14.3. The van der Waals surface area contributed by atoms with Crippen molar-refractivity contribution >= 4 is 22.6 Å². The van der Waals surface area contributed by atoms with Crippen molar-refractivity contribution in [3.8, 4) is 0 Å². The van der Waals surface area contributed by atoms with E-state index in [1.54, 1.807) is 0 Å². The van der Waals surface area contributed by atoms with Crippen molar-refractivity contribution in [3.63, 3.8) is 0 Å². The molecule has 0 aromatic heterocycles. The highest BCUT2D eigenvalue weighted by molar-refractivity contribution is 5.94. The molecule has 0 bridgehead atoms. The van der Waals surface area contributed by atoms with E-state index >= 15 is 0 Å². The first kappa shape index (κ1) is 26.7.